The molecule has 0 saturated carbocycles. The minimum absolute atomic E-state index is 0.712. The van der Waals surface area contributed by atoms with Gasteiger partial charge in [0, 0.05) is 37.8 Å². The van der Waals surface area contributed by atoms with E-state index in [1.807, 2.05) is 50.8 Å². The molecule has 0 bridgehead atoms. The Labute approximate surface area is 118 Å². The van der Waals surface area contributed by atoms with Crippen LogP contribution in [0.3, 0.4) is 0 Å². The molecule has 0 aliphatic rings. The third-order valence-corrected chi connectivity index (χ3v) is 3.31. The van der Waals surface area contributed by atoms with Gasteiger partial charge in [0.15, 0.2) is 0 Å². The zero-order valence-electron chi connectivity index (χ0n) is 11.6. The number of pyridine rings is 1. The van der Waals surface area contributed by atoms with Gasteiger partial charge in [-0.15, -0.1) is 0 Å². The van der Waals surface area contributed by atoms with Gasteiger partial charge in [-0.3, -0.25) is 4.98 Å². The Balaban J connectivity index is 1.83. The molecule has 0 unspecified atom stereocenters. The zero-order valence-corrected chi connectivity index (χ0v) is 11.6. The lowest BCUT2D eigenvalue weighted by Gasteiger charge is -2.17. The van der Waals surface area contributed by atoms with Gasteiger partial charge in [0.1, 0.15) is 5.58 Å². The van der Waals surface area contributed by atoms with Gasteiger partial charge in [-0.1, -0.05) is 18.2 Å². The molecule has 0 aliphatic heterocycles. The maximum absolute atomic E-state index is 5.55. The SMILES string of the molecule is CN(C)c1ccncc1NCc1coc2ccccc12. The number of nitrogens with zero attached hydrogens (tertiary/aromatic N) is 2. The van der Waals surface area contributed by atoms with Gasteiger partial charge in [-0.05, 0) is 12.1 Å². The Hall–Kier alpha value is -2.49. The Morgan fingerprint density at radius 3 is 2.90 bits per heavy atom. The summed E-state index contributed by atoms with van der Waals surface area (Å²) in [6.07, 6.45) is 5.45. The van der Waals surface area contributed by atoms with Crippen LogP contribution in [0.1, 0.15) is 5.56 Å². The van der Waals surface area contributed by atoms with E-state index in [1.54, 1.807) is 6.20 Å². The molecule has 20 heavy (non-hydrogen) atoms. The van der Waals surface area contributed by atoms with Crippen molar-refractivity contribution in [3.05, 3.63) is 54.6 Å². The number of fused-ring (bicyclic) bond motifs is 1. The van der Waals surface area contributed by atoms with E-state index < -0.39 is 0 Å². The van der Waals surface area contributed by atoms with Crippen LogP contribution in [0.4, 0.5) is 11.4 Å². The van der Waals surface area contributed by atoms with Gasteiger partial charge in [-0.2, -0.15) is 0 Å². The Kier molecular flexibility index (Phi) is 3.29. The number of para-hydroxylation sites is 1. The first-order chi connectivity index (χ1) is 9.75. The highest BCUT2D eigenvalue weighted by atomic mass is 16.3. The zero-order chi connectivity index (χ0) is 13.9. The van der Waals surface area contributed by atoms with Crippen molar-refractivity contribution in [2.45, 2.75) is 6.54 Å². The van der Waals surface area contributed by atoms with E-state index in [1.165, 1.54) is 0 Å². The van der Waals surface area contributed by atoms with Crippen LogP contribution in [0.25, 0.3) is 11.0 Å². The van der Waals surface area contributed by atoms with Crippen molar-refractivity contribution in [3.63, 3.8) is 0 Å². The Morgan fingerprint density at radius 1 is 1.20 bits per heavy atom. The number of benzene rings is 1. The van der Waals surface area contributed by atoms with Crippen molar-refractivity contribution in [3.8, 4) is 0 Å². The molecule has 0 atom stereocenters. The fourth-order valence-electron chi connectivity index (χ4n) is 2.27. The second-order valence-electron chi connectivity index (χ2n) is 4.90. The van der Waals surface area contributed by atoms with E-state index in [0.29, 0.717) is 6.54 Å². The largest absolute Gasteiger partial charge is 0.464 e. The molecule has 0 aliphatic carbocycles. The first-order valence-electron chi connectivity index (χ1n) is 6.56. The van der Waals surface area contributed by atoms with E-state index in [0.717, 1.165) is 27.9 Å². The van der Waals surface area contributed by atoms with Crippen LogP contribution in [-0.4, -0.2) is 19.1 Å². The summed E-state index contributed by atoms with van der Waals surface area (Å²) in [5.74, 6) is 0. The molecule has 0 fully saturated rings. The van der Waals surface area contributed by atoms with Crippen molar-refractivity contribution in [2.24, 2.45) is 0 Å². The molecular weight excluding hydrogens is 250 g/mol. The van der Waals surface area contributed by atoms with Gasteiger partial charge in [0.05, 0.1) is 23.8 Å². The molecule has 1 aromatic carbocycles. The summed E-state index contributed by atoms with van der Waals surface area (Å²) in [5, 5.41) is 4.57. The van der Waals surface area contributed by atoms with Crippen LogP contribution in [0.2, 0.25) is 0 Å². The summed E-state index contributed by atoms with van der Waals surface area (Å²) < 4.78 is 5.55. The number of nitrogens with one attached hydrogen (secondary N) is 1. The molecular formula is C16H17N3O. The average Bonchev–Trinajstić information content (AvgIpc) is 2.88. The smallest absolute Gasteiger partial charge is 0.134 e. The van der Waals surface area contributed by atoms with Crippen LogP contribution < -0.4 is 10.2 Å². The van der Waals surface area contributed by atoms with Gasteiger partial charge >= 0.3 is 0 Å². The second-order valence-corrected chi connectivity index (χ2v) is 4.90. The van der Waals surface area contributed by atoms with Crippen LogP contribution in [0.5, 0.6) is 0 Å². The summed E-state index contributed by atoms with van der Waals surface area (Å²) in [4.78, 5) is 6.24. The van der Waals surface area contributed by atoms with Gasteiger partial charge in [0.25, 0.3) is 0 Å². The lowest BCUT2D eigenvalue weighted by Crippen LogP contribution is -2.12. The number of rotatable bonds is 4. The van der Waals surface area contributed by atoms with E-state index >= 15 is 0 Å². The predicted octanol–water partition coefficient (Wildman–Crippen LogP) is 3.51. The molecule has 2 aromatic heterocycles. The summed E-state index contributed by atoms with van der Waals surface area (Å²) in [6, 6.07) is 10.1. The quantitative estimate of drug-likeness (QED) is 0.785. The van der Waals surface area contributed by atoms with Crippen molar-refractivity contribution in [2.75, 3.05) is 24.3 Å². The molecule has 3 rings (SSSR count). The van der Waals surface area contributed by atoms with Crippen molar-refractivity contribution < 1.29 is 4.42 Å². The molecule has 0 amide bonds. The number of hydrogen-bond acceptors (Lipinski definition) is 4. The lowest BCUT2D eigenvalue weighted by molar-refractivity contribution is 0.611. The molecule has 0 spiro atoms. The van der Waals surface area contributed by atoms with Crippen molar-refractivity contribution in [1.82, 2.24) is 4.98 Å². The molecule has 4 nitrogen and oxygen atoms in total. The van der Waals surface area contributed by atoms with Crippen molar-refractivity contribution >= 4 is 22.3 Å². The lowest BCUT2D eigenvalue weighted by atomic mass is 10.2. The first kappa shape index (κ1) is 12.5. The third-order valence-electron chi connectivity index (χ3n) is 3.31. The standard InChI is InChI=1S/C16H17N3O/c1-19(2)15-7-8-17-10-14(15)18-9-12-11-20-16-6-4-3-5-13(12)16/h3-8,10-11,18H,9H2,1-2H3. The summed E-state index contributed by atoms with van der Waals surface area (Å²) in [5.41, 5.74) is 4.20. The predicted molar refractivity (Wildman–Crippen MR) is 82.1 cm³/mol. The highest BCUT2D eigenvalue weighted by Crippen LogP contribution is 2.25. The molecule has 102 valence electrons. The number of hydrogen-bond donors (Lipinski definition) is 1. The summed E-state index contributed by atoms with van der Waals surface area (Å²) >= 11 is 0. The Morgan fingerprint density at radius 2 is 2.05 bits per heavy atom. The molecule has 3 aromatic rings. The van der Waals surface area contributed by atoms with Crippen LogP contribution in [0, 0.1) is 0 Å². The molecule has 2 heterocycles. The Bertz CT molecular complexity index is 718. The highest BCUT2D eigenvalue weighted by molar-refractivity contribution is 5.81. The molecule has 0 radical (unpaired) electrons. The second kappa shape index (κ2) is 5.25. The monoisotopic (exact) mass is 267 g/mol. The average molecular weight is 267 g/mol. The minimum Gasteiger partial charge on any atom is -0.464 e. The van der Waals surface area contributed by atoms with Crippen LogP contribution in [0.15, 0.2) is 53.4 Å². The highest BCUT2D eigenvalue weighted by Gasteiger charge is 2.07. The van der Waals surface area contributed by atoms with Gasteiger partial charge < -0.3 is 14.6 Å². The topological polar surface area (TPSA) is 41.3 Å². The summed E-state index contributed by atoms with van der Waals surface area (Å²) in [6.45, 7) is 0.712. The summed E-state index contributed by atoms with van der Waals surface area (Å²) in [7, 11) is 4.04. The first-order valence-corrected chi connectivity index (χ1v) is 6.56. The molecule has 1 N–H and O–H groups in total. The molecule has 0 saturated heterocycles. The number of anilines is 2. The van der Waals surface area contributed by atoms with Gasteiger partial charge in [-0.25, -0.2) is 0 Å². The van der Waals surface area contributed by atoms with E-state index in [2.05, 4.69) is 21.3 Å². The number of furan rings is 1. The van der Waals surface area contributed by atoms with E-state index in [-0.39, 0.29) is 0 Å². The maximum atomic E-state index is 5.55. The normalized spacial score (nSPS) is 10.7. The fraction of sp³-hybridized carbons (Fsp3) is 0.188. The van der Waals surface area contributed by atoms with E-state index in [9.17, 15) is 0 Å². The molecule has 4 heteroatoms. The third kappa shape index (κ3) is 2.32. The minimum atomic E-state index is 0.712. The van der Waals surface area contributed by atoms with Crippen molar-refractivity contribution in [1.29, 1.82) is 0 Å². The van der Waals surface area contributed by atoms with Crippen LogP contribution >= 0.6 is 0 Å². The fourth-order valence-corrected chi connectivity index (χ4v) is 2.27. The van der Waals surface area contributed by atoms with Gasteiger partial charge in [0.2, 0.25) is 0 Å². The number of aromatic nitrogens is 1. The maximum Gasteiger partial charge on any atom is 0.134 e. The van der Waals surface area contributed by atoms with Crippen LogP contribution in [-0.2, 0) is 6.54 Å². The van der Waals surface area contributed by atoms with E-state index in [4.69, 9.17) is 4.42 Å².